The molecule has 1 atom stereocenters. The van der Waals surface area contributed by atoms with Crippen molar-refractivity contribution in [2.75, 3.05) is 39.5 Å². The van der Waals surface area contributed by atoms with Gasteiger partial charge in [0.1, 0.15) is 6.04 Å². The van der Waals surface area contributed by atoms with E-state index in [0.717, 1.165) is 12.8 Å². The van der Waals surface area contributed by atoms with Crippen molar-refractivity contribution < 1.29 is 39.5 Å². The van der Waals surface area contributed by atoms with Gasteiger partial charge in [-0.05, 0) is 12.8 Å². The Balaban J connectivity index is 0. The standard InChI is InChI=1S/C17H31NO5.C6H15NO3/c1-2-3-4-5-6-7-8-9-10-11-16(21)23-17(22)14(18)12-13-15(19)20;8-4-1-7(2-5-9)3-6-10/h14H,2-13,18H2,1H3,(H,19,20);8-10H,1-6H2/t14-;/m0./s1. The molecule has 0 fully saturated rings. The number of unbranched alkanes of at least 4 members (excludes halogenated alkanes) is 8. The maximum Gasteiger partial charge on any atom is 0.330 e. The van der Waals surface area contributed by atoms with Gasteiger partial charge in [0.15, 0.2) is 0 Å². The Morgan fingerprint density at radius 2 is 1.24 bits per heavy atom. The van der Waals surface area contributed by atoms with Gasteiger partial charge in [-0.2, -0.15) is 0 Å². The molecule has 10 heteroatoms. The molecular weight excluding hydrogens is 432 g/mol. The molecule has 0 aliphatic carbocycles. The predicted octanol–water partition coefficient (Wildman–Crippen LogP) is 1.43. The molecule has 0 heterocycles. The number of carbonyl (C=O) groups excluding carboxylic acids is 2. The molecule has 0 radical (unpaired) electrons. The molecule has 33 heavy (non-hydrogen) atoms. The van der Waals surface area contributed by atoms with Crippen LogP contribution < -0.4 is 5.73 Å². The summed E-state index contributed by atoms with van der Waals surface area (Å²) < 4.78 is 4.62. The fraction of sp³-hybridized carbons (Fsp3) is 0.870. The lowest BCUT2D eigenvalue weighted by atomic mass is 10.1. The molecule has 0 aromatic heterocycles. The normalized spacial score (nSPS) is 11.6. The quantitative estimate of drug-likeness (QED) is 0.0979. The first-order valence-electron chi connectivity index (χ1n) is 12.1. The topological polar surface area (TPSA) is 171 Å². The zero-order valence-corrected chi connectivity index (χ0v) is 20.3. The summed E-state index contributed by atoms with van der Waals surface area (Å²) in [4.78, 5) is 35.1. The molecule has 0 bridgehead atoms. The monoisotopic (exact) mass is 478 g/mol. The number of esters is 2. The van der Waals surface area contributed by atoms with Crippen molar-refractivity contribution in [3.63, 3.8) is 0 Å². The van der Waals surface area contributed by atoms with Gasteiger partial charge < -0.3 is 30.9 Å². The van der Waals surface area contributed by atoms with Crippen LogP contribution in [-0.4, -0.2) is 88.7 Å². The van der Waals surface area contributed by atoms with E-state index in [1.54, 1.807) is 4.90 Å². The van der Waals surface area contributed by atoms with Gasteiger partial charge in [0, 0.05) is 32.5 Å². The fourth-order valence-corrected chi connectivity index (χ4v) is 2.98. The number of hydrogen-bond acceptors (Lipinski definition) is 9. The largest absolute Gasteiger partial charge is 0.481 e. The highest BCUT2D eigenvalue weighted by Gasteiger charge is 2.19. The average molecular weight is 479 g/mol. The van der Waals surface area contributed by atoms with Crippen LogP contribution in [0.2, 0.25) is 0 Å². The fourth-order valence-electron chi connectivity index (χ4n) is 2.98. The number of carboxylic acids is 1. The van der Waals surface area contributed by atoms with Crippen LogP contribution >= 0.6 is 0 Å². The van der Waals surface area contributed by atoms with Gasteiger partial charge in [-0.15, -0.1) is 0 Å². The molecule has 0 aromatic carbocycles. The molecule has 0 saturated carbocycles. The Hall–Kier alpha value is -1.59. The molecule has 0 aliphatic heterocycles. The predicted molar refractivity (Wildman–Crippen MR) is 125 cm³/mol. The zero-order chi connectivity index (χ0) is 25.3. The van der Waals surface area contributed by atoms with Crippen LogP contribution in [0.15, 0.2) is 0 Å². The van der Waals surface area contributed by atoms with E-state index in [4.69, 9.17) is 26.2 Å². The molecule has 0 rings (SSSR count). The van der Waals surface area contributed by atoms with Gasteiger partial charge in [0.25, 0.3) is 0 Å². The zero-order valence-electron chi connectivity index (χ0n) is 20.3. The second kappa shape index (κ2) is 25.0. The third-order valence-electron chi connectivity index (χ3n) is 4.92. The molecule has 0 aliphatic rings. The van der Waals surface area contributed by atoms with Crippen molar-refractivity contribution >= 4 is 17.9 Å². The number of nitrogens with zero attached hydrogens (tertiary/aromatic N) is 1. The van der Waals surface area contributed by atoms with Crippen molar-refractivity contribution in [2.45, 2.75) is 90.0 Å². The van der Waals surface area contributed by atoms with E-state index in [2.05, 4.69) is 11.7 Å². The number of nitrogens with two attached hydrogens (primary N) is 1. The van der Waals surface area contributed by atoms with E-state index >= 15 is 0 Å². The Kier molecular flexibility index (Phi) is 25.5. The van der Waals surface area contributed by atoms with Crippen LogP contribution in [0, 0.1) is 0 Å². The summed E-state index contributed by atoms with van der Waals surface area (Å²) in [6, 6.07) is -1.06. The number of carboxylic acid groups (broad SMARTS) is 1. The Morgan fingerprint density at radius 1 is 0.788 bits per heavy atom. The molecule has 196 valence electrons. The summed E-state index contributed by atoms with van der Waals surface area (Å²) in [7, 11) is 0. The van der Waals surface area contributed by atoms with Crippen molar-refractivity contribution in [3.05, 3.63) is 0 Å². The van der Waals surface area contributed by atoms with Crippen LogP contribution in [-0.2, 0) is 19.1 Å². The van der Waals surface area contributed by atoms with Crippen molar-refractivity contribution in [1.82, 2.24) is 4.90 Å². The van der Waals surface area contributed by atoms with Crippen molar-refractivity contribution in [3.8, 4) is 0 Å². The van der Waals surface area contributed by atoms with Gasteiger partial charge in [-0.3, -0.25) is 14.5 Å². The summed E-state index contributed by atoms with van der Waals surface area (Å²) in [6.07, 6.45) is 10.2. The molecule has 0 unspecified atom stereocenters. The van der Waals surface area contributed by atoms with Crippen molar-refractivity contribution in [2.24, 2.45) is 5.73 Å². The number of hydrogen-bond donors (Lipinski definition) is 5. The Labute approximate surface area is 198 Å². The smallest absolute Gasteiger partial charge is 0.330 e. The van der Waals surface area contributed by atoms with E-state index in [-0.39, 0.29) is 39.1 Å². The summed E-state index contributed by atoms with van der Waals surface area (Å²) in [5.41, 5.74) is 5.47. The summed E-state index contributed by atoms with van der Waals surface area (Å²) in [6.45, 7) is 3.95. The average Bonchev–Trinajstić information content (AvgIpc) is 2.77. The van der Waals surface area contributed by atoms with Crippen LogP contribution in [0.5, 0.6) is 0 Å². The first-order valence-corrected chi connectivity index (χ1v) is 12.1. The highest BCUT2D eigenvalue weighted by Crippen LogP contribution is 2.11. The number of aliphatic hydroxyl groups excluding tert-OH is 3. The third kappa shape index (κ3) is 24.9. The molecule has 10 nitrogen and oxygen atoms in total. The van der Waals surface area contributed by atoms with E-state index < -0.39 is 23.9 Å². The van der Waals surface area contributed by atoms with E-state index in [9.17, 15) is 14.4 Å². The third-order valence-corrected chi connectivity index (χ3v) is 4.92. The van der Waals surface area contributed by atoms with Gasteiger partial charge >= 0.3 is 17.9 Å². The van der Waals surface area contributed by atoms with E-state index in [1.165, 1.54) is 38.5 Å². The summed E-state index contributed by atoms with van der Waals surface area (Å²) in [5, 5.41) is 34.0. The molecular formula is C23H46N2O8. The number of aliphatic hydroxyl groups is 3. The van der Waals surface area contributed by atoms with Gasteiger partial charge in [-0.1, -0.05) is 58.3 Å². The number of aliphatic carboxylic acids is 1. The second-order valence-electron chi connectivity index (χ2n) is 7.92. The second-order valence-corrected chi connectivity index (χ2v) is 7.92. The first kappa shape index (κ1) is 33.6. The molecule has 0 amide bonds. The maximum absolute atomic E-state index is 11.5. The molecule has 0 aromatic rings. The van der Waals surface area contributed by atoms with E-state index in [0.29, 0.717) is 26.1 Å². The highest BCUT2D eigenvalue weighted by molar-refractivity contribution is 5.88. The molecule has 0 saturated heterocycles. The van der Waals surface area contributed by atoms with Crippen LogP contribution in [0.25, 0.3) is 0 Å². The summed E-state index contributed by atoms with van der Waals surface area (Å²) >= 11 is 0. The minimum atomic E-state index is -1.06. The minimum absolute atomic E-state index is 0.0283. The van der Waals surface area contributed by atoms with Gasteiger partial charge in [-0.25, -0.2) is 4.79 Å². The van der Waals surface area contributed by atoms with Crippen molar-refractivity contribution in [1.29, 1.82) is 0 Å². The van der Waals surface area contributed by atoms with Crippen LogP contribution in [0.3, 0.4) is 0 Å². The van der Waals surface area contributed by atoms with Crippen LogP contribution in [0.4, 0.5) is 0 Å². The minimum Gasteiger partial charge on any atom is -0.481 e. The van der Waals surface area contributed by atoms with Gasteiger partial charge in [0.2, 0.25) is 0 Å². The Morgan fingerprint density at radius 3 is 1.67 bits per heavy atom. The number of carbonyl (C=O) groups is 3. The van der Waals surface area contributed by atoms with E-state index in [1.807, 2.05) is 0 Å². The highest BCUT2D eigenvalue weighted by atomic mass is 16.6. The Bertz CT molecular complexity index is 477. The summed E-state index contributed by atoms with van der Waals surface area (Å²) in [5.74, 6) is -2.45. The SMILES string of the molecule is CCCCCCCCCCCC(=O)OC(=O)[C@@H](N)CCC(=O)O.OCCN(CCO)CCO. The number of ether oxygens (including phenoxy) is 1. The number of rotatable bonds is 20. The molecule has 0 spiro atoms. The molecule has 6 N–H and O–H groups in total. The van der Waals surface area contributed by atoms with Gasteiger partial charge in [0.05, 0.1) is 19.8 Å². The lowest BCUT2D eigenvalue weighted by Crippen LogP contribution is -2.34. The first-order chi connectivity index (χ1) is 15.8. The lowest BCUT2D eigenvalue weighted by molar-refractivity contribution is -0.160. The van der Waals surface area contributed by atoms with Crippen LogP contribution in [0.1, 0.15) is 84.0 Å². The lowest BCUT2D eigenvalue weighted by Gasteiger charge is -2.17. The maximum atomic E-state index is 11.5.